The molecule has 2 heteroatoms. The number of hydrogen-bond donors (Lipinski definition) is 0. The zero-order valence-electron chi connectivity index (χ0n) is 36.5. The van der Waals surface area contributed by atoms with Crippen LogP contribution >= 0.6 is 0 Å². The maximum Gasteiger partial charge on any atom is 0.0541 e. The molecule has 9 aromatic carbocycles. The second-order valence-electron chi connectivity index (χ2n) is 19.9. The summed E-state index contributed by atoms with van der Waals surface area (Å²) < 4.78 is 2.47. The number of hydrogen-bond acceptors (Lipinski definition) is 1. The van der Waals surface area contributed by atoms with Crippen molar-refractivity contribution in [3.63, 3.8) is 0 Å². The molecule has 0 saturated heterocycles. The fourth-order valence-electron chi connectivity index (χ4n) is 9.73. The molecule has 0 aliphatic rings. The molecule has 0 radical (unpaired) electrons. The predicted molar refractivity (Wildman–Crippen MR) is 261 cm³/mol. The Bertz CT molecular complexity index is 3140. The van der Waals surface area contributed by atoms with Crippen LogP contribution in [0.2, 0.25) is 0 Å². The van der Waals surface area contributed by atoms with E-state index >= 15 is 0 Å². The summed E-state index contributed by atoms with van der Waals surface area (Å²) in [5.74, 6) is 0. The Morgan fingerprint density at radius 1 is 0.400 bits per heavy atom. The van der Waals surface area contributed by atoms with Crippen LogP contribution in [0.4, 0.5) is 17.1 Å². The van der Waals surface area contributed by atoms with Crippen molar-refractivity contribution < 1.29 is 0 Å². The lowest BCUT2D eigenvalue weighted by Crippen LogP contribution is -2.21. The highest BCUT2D eigenvalue weighted by atomic mass is 15.1. The minimum absolute atomic E-state index is 0.0889. The highest BCUT2D eigenvalue weighted by Crippen LogP contribution is 2.49. The third kappa shape index (κ3) is 6.07. The van der Waals surface area contributed by atoms with E-state index in [1.54, 1.807) is 0 Å². The van der Waals surface area contributed by atoms with Gasteiger partial charge in [0.1, 0.15) is 0 Å². The van der Waals surface area contributed by atoms with E-state index in [0.717, 1.165) is 5.69 Å². The van der Waals surface area contributed by atoms with E-state index in [1.165, 1.54) is 99.0 Å². The molecule has 0 spiro atoms. The summed E-state index contributed by atoms with van der Waals surface area (Å²) in [6.45, 7) is 21.1. The monoisotopic (exact) mass is 778 g/mol. The molecule has 10 rings (SSSR count). The van der Waals surface area contributed by atoms with Gasteiger partial charge in [-0.3, -0.25) is 0 Å². The van der Waals surface area contributed by atoms with E-state index in [-0.39, 0.29) is 16.2 Å². The normalized spacial score (nSPS) is 12.8. The molecular formula is C58H54N2. The largest absolute Gasteiger partial charge is 0.310 e. The van der Waals surface area contributed by atoms with Crippen molar-refractivity contribution in [2.24, 2.45) is 0 Å². The van der Waals surface area contributed by atoms with E-state index in [1.807, 2.05) is 0 Å². The van der Waals surface area contributed by atoms with E-state index in [9.17, 15) is 0 Å². The fourth-order valence-corrected chi connectivity index (χ4v) is 9.73. The van der Waals surface area contributed by atoms with Crippen molar-refractivity contribution >= 4 is 71.2 Å². The number of nitrogens with zero attached hydrogens (tertiary/aromatic N) is 2. The molecule has 0 aliphatic heterocycles. The van der Waals surface area contributed by atoms with Gasteiger partial charge in [-0.15, -0.1) is 0 Å². The Labute approximate surface area is 355 Å². The van der Waals surface area contributed by atoms with Gasteiger partial charge in [0, 0.05) is 32.9 Å². The first kappa shape index (κ1) is 37.9. The van der Waals surface area contributed by atoms with Gasteiger partial charge in [0.05, 0.1) is 22.4 Å². The summed E-state index contributed by atoms with van der Waals surface area (Å²) in [7, 11) is 0. The van der Waals surface area contributed by atoms with Crippen molar-refractivity contribution in [1.29, 1.82) is 0 Å². The molecule has 0 amide bonds. The fraction of sp³-hybridized carbons (Fsp3) is 0.207. The molecule has 0 fully saturated rings. The second kappa shape index (κ2) is 13.6. The van der Waals surface area contributed by atoms with Crippen molar-refractivity contribution in [3.05, 3.63) is 180 Å². The van der Waals surface area contributed by atoms with Gasteiger partial charge in [-0.2, -0.15) is 0 Å². The third-order valence-electron chi connectivity index (χ3n) is 12.7. The lowest BCUT2D eigenvalue weighted by Gasteiger charge is -2.35. The first-order chi connectivity index (χ1) is 28.7. The van der Waals surface area contributed by atoms with Crippen LogP contribution in [-0.2, 0) is 16.2 Å². The number of aromatic nitrogens is 1. The third-order valence-corrected chi connectivity index (χ3v) is 12.7. The van der Waals surface area contributed by atoms with Gasteiger partial charge in [-0.25, -0.2) is 0 Å². The van der Waals surface area contributed by atoms with Gasteiger partial charge >= 0.3 is 0 Å². The molecule has 10 aromatic rings. The SMILES string of the molecule is CC(C)(C)c1ccc(-c2c(C(C)(C)C)cc(N(c3ccccc3)c3ccc4ccc5c(-n6c7ccccc7c7ccccc76)ccc6ccc3c4c65)cc2C(C)(C)C)cc1. The average molecular weight is 779 g/mol. The van der Waals surface area contributed by atoms with Gasteiger partial charge in [0.25, 0.3) is 0 Å². The molecule has 60 heavy (non-hydrogen) atoms. The molecule has 2 nitrogen and oxygen atoms in total. The maximum atomic E-state index is 2.51. The topological polar surface area (TPSA) is 8.17 Å². The van der Waals surface area contributed by atoms with Crippen molar-refractivity contribution in [3.8, 4) is 16.8 Å². The molecule has 1 heterocycles. The average Bonchev–Trinajstić information content (AvgIpc) is 3.56. The van der Waals surface area contributed by atoms with Crippen LogP contribution in [-0.4, -0.2) is 4.57 Å². The number of fused-ring (bicyclic) bond motifs is 3. The molecule has 296 valence electrons. The molecular weight excluding hydrogens is 725 g/mol. The number of anilines is 3. The van der Waals surface area contributed by atoms with Crippen LogP contribution in [0.5, 0.6) is 0 Å². The first-order valence-corrected chi connectivity index (χ1v) is 21.5. The highest BCUT2D eigenvalue weighted by Gasteiger charge is 2.30. The summed E-state index contributed by atoms with van der Waals surface area (Å²) in [6.07, 6.45) is 0. The van der Waals surface area contributed by atoms with E-state index in [2.05, 4.69) is 236 Å². The molecule has 0 saturated carbocycles. The summed E-state index contributed by atoms with van der Waals surface area (Å²) in [5, 5.41) is 10.2. The highest BCUT2D eigenvalue weighted by molar-refractivity contribution is 6.27. The molecule has 1 aromatic heterocycles. The smallest absolute Gasteiger partial charge is 0.0541 e. The van der Waals surface area contributed by atoms with Crippen molar-refractivity contribution in [2.75, 3.05) is 4.90 Å². The first-order valence-electron chi connectivity index (χ1n) is 21.5. The zero-order valence-corrected chi connectivity index (χ0v) is 36.5. The minimum Gasteiger partial charge on any atom is -0.310 e. The number of rotatable bonds is 5. The lowest BCUT2D eigenvalue weighted by atomic mass is 9.73. The van der Waals surface area contributed by atoms with Gasteiger partial charge < -0.3 is 9.47 Å². The van der Waals surface area contributed by atoms with Crippen molar-refractivity contribution in [2.45, 2.75) is 78.6 Å². The predicted octanol–water partition coefficient (Wildman–Crippen LogP) is 16.7. The van der Waals surface area contributed by atoms with Crippen molar-refractivity contribution in [1.82, 2.24) is 4.57 Å². The van der Waals surface area contributed by atoms with Gasteiger partial charge in [0.15, 0.2) is 0 Å². The van der Waals surface area contributed by atoms with Crippen LogP contribution in [0.1, 0.15) is 79.0 Å². The van der Waals surface area contributed by atoms with E-state index < -0.39 is 0 Å². The molecule has 0 atom stereocenters. The van der Waals surface area contributed by atoms with E-state index in [0.29, 0.717) is 0 Å². The van der Waals surface area contributed by atoms with E-state index in [4.69, 9.17) is 0 Å². The second-order valence-corrected chi connectivity index (χ2v) is 19.9. The van der Waals surface area contributed by atoms with Crippen LogP contribution in [0.25, 0.3) is 70.9 Å². The minimum atomic E-state index is -0.123. The van der Waals surface area contributed by atoms with Crippen LogP contribution in [0.3, 0.4) is 0 Å². The number of para-hydroxylation sites is 3. The van der Waals surface area contributed by atoms with Crippen LogP contribution < -0.4 is 4.90 Å². The zero-order chi connectivity index (χ0) is 41.7. The Morgan fingerprint density at radius 3 is 1.47 bits per heavy atom. The van der Waals surface area contributed by atoms with Gasteiger partial charge in [0.2, 0.25) is 0 Å². The molecule has 0 unspecified atom stereocenters. The van der Waals surface area contributed by atoms with Crippen LogP contribution in [0.15, 0.2) is 164 Å². The summed E-state index contributed by atoms with van der Waals surface area (Å²) in [5.41, 5.74) is 13.7. The van der Waals surface area contributed by atoms with Crippen LogP contribution in [0, 0.1) is 0 Å². The van der Waals surface area contributed by atoms with Gasteiger partial charge in [-0.1, -0.05) is 178 Å². The lowest BCUT2D eigenvalue weighted by molar-refractivity contribution is 0.571. The molecule has 0 bridgehead atoms. The maximum absolute atomic E-state index is 2.51. The Balaban J connectivity index is 1.25. The Hall–Kier alpha value is -6.38. The Morgan fingerprint density at radius 2 is 0.900 bits per heavy atom. The molecule has 0 aliphatic carbocycles. The Kier molecular flexibility index (Phi) is 8.57. The van der Waals surface area contributed by atoms with Gasteiger partial charge in [-0.05, 0) is 114 Å². The summed E-state index contributed by atoms with van der Waals surface area (Å²) >= 11 is 0. The summed E-state index contributed by atoms with van der Waals surface area (Å²) in [6, 6.07) is 61.6. The standard InChI is InChI=1S/C58H54N2/c1-56(2,3)40-29-23-39(24-30-40)55-47(57(4,5)6)35-42(36-48(55)58(7,8)9)59(41-17-11-10-12-18-41)51-33-27-37-26-32-46-52(34-28-38-25-31-45(51)53(37)54(38)46)60-49-21-15-13-19-43(49)44-20-14-16-22-50(44)60/h10-36H,1-9H3. The quantitative estimate of drug-likeness (QED) is 0.158. The number of benzene rings is 9. The summed E-state index contributed by atoms with van der Waals surface area (Å²) in [4.78, 5) is 2.51. The molecule has 0 N–H and O–H groups in total.